The van der Waals surface area contributed by atoms with E-state index < -0.39 is 0 Å². The van der Waals surface area contributed by atoms with Gasteiger partial charge in [-0.25, -0.2) is 4.39 Å². The third-order valence-electron chi connectivity index (χ3n) is 6.07. The standard InChI is InChI=1S/C27H28FN3O3/c1-29-26(32)21-8-4-7-20(15-21)25-17-31(13-12-30(25)2)27(33)22-9-5-11-24(16-22)34-18-19-6-3-10-23(28)14-19/h3-11,14-16,25H,12-13,17-18H2,1-2H3,(H,29,32). The fourth-order valence-electron chi connectivity index (χ4n) is 4.14. The van der Waals surface area contributed by atoms with Gasteiger partial charge in [0.15, 0.2) is 0 Å². The molecule has 34 heavy (non-hydrogen) atoms. The van der Waals surface area contributed by atoms with Crippen LogP contribution in [0.2, 0.25) is 0 Å². The van der Waals surface area contributed by atoms with E-state index in [0.29, 0.717) is 30.0 Å². The molecular formula is C27H28FN3O3. The highest BCUT2D eigenvalue weighted by atomic mass is 19.1. The molecule has 0 spiro atoms. The van der Waals surface area contributed by atoms with Gasteiger partial charge in [-0.05, 0) is 60.6 Å². The van der Waals surface area contributed by atoms with Gasteiger partial charge >= 0.3 is 0 Å². The number of hydrogen-bond donors (Lipinski definition) is 1. The number of carbonyl (C=O) groups is 2. The maximum absolute atomic E-state index is 13.4. The fourth-order valence-corrected chi connectivity index (χ4v) is 4.14. The zero-order valence-corrected chi connectivity index (χ0v) is 19.3. The van der Waals surface area contributed by atoms with Gasteiger partial charge in [-0.3, -0.25) is 14.5 Å². The first-order chi connectivity index (χ1) is 16.4. The molecule has 0 aromatic heterocycles. The lowest BCUT2D eigenvalue weighted by Crippen LogP contribution is -2.49. The van der Waals surface area contributed by atoms with E-state index in [1.54, 1.807) is 49.5 Å². The van der Waals surface area contributed by atoms with Crippen molar-refractivity contribution in [2.45, 2.75) is 12.6 Å². The van der Waals surface area contributed by atoms with Crippen LogP contribution in [0.15, 0.2) is 72.8 Å². The zero-order chi connectivity index (χ0) is 24.1. The van der Waals surface area contributed by atoms with Gasteiger partial charge in [0.05, 0.1) is 6.04 Å². The molecule has 3 aromatic carbocycles. The third kappa shape index (κ3) is 5.43. The van der Waals surface area contributed by atoms with Crippen LogP contribution in [0.3, 0.4) is 0 Å². The van der Waals surface area contributed by atoms with Gasteiger partial charge in [-0.15, -0.1) is 0 Å². The van der Waals surface area contributed by atoms with E-state index in [9.17, 15) is 14.0 Å². The van der Waals surface area contributed by atoms with Gasteiger partial charge < -0.3 is 15.0 Å². The number of ether oxygens (including phenoxy) is 1. The van der Waals surface area contributed by atoms with E-state index in [1.165, 1.54) is 12.1 Å². The van der Waals surface area contributed by atoms with Gasteiger partial charge in [0.2, 0.25) is 0 Å². The molecule has 1 unspecified atom stereocenters. The van der Waals surface area contributed by atoms with E-state index >= 15 is 0 Å². The summed E-state index contributed by atoms with van der Waals surface area (Å²) < 4.78 is 19.2. The molecule has 7 heteroatoms. The Hall–Kier alpha value is -3.71. The van der Waals surface area contributed by atoms with Crippen molar-refractivity contribution in [2.75, 3.05) is 33.7 Å². The van der Waals surface area contributed by atoms with Crippen LogP contribution in [0, 0.1) is 5.82 Å². The van der Waals surface area contributed by atoms with Crippen molar-refractivity contribution in [3.63, 3.8) is 0 Å². The van der Waals surface area contributed by atoms with Gasteiger partial charge in [0.1, 0.15) is 18.2 Å². The minimum absolute atomic E-state index is 0.0188. The van der Waals surface area contributed by atoms with Gasteiger partial charge in [-0.1, -0.05) is 30.3 Å². The Bertz CT molecular complexity index is 1180. The number of halogens is 1. The molecule has 1 saturated heterocycles. The SMILES string of the molecule is CNC(=O)c1cccc(C2CN(C(=O)c3cccc(OCc4cccc(F)c4)c3)CCN2C)c1. The van der Waals surface area contributed by atoms with Crippen molar-refractivity contribution in [2.24, 2.45) is 0 Å². The van der Waals surface area contributed by atoms with Crippen molar-refractivity contribution in [3.8, 4) is 5.75 Å². The number of carbonyl (C=O) groups excluding carboxylic acids is 2. The number of piperazine rings is 1. The predicted octanol–water partition coefficient (Wildman–Crippen LogP) is 3.89. The van der Waals surface area contributed by atoms with Crippen molar-refractivity contribution in [1.82, 2.24) is 15.1 Å². The first-order valence-corrected chi connectivity index (χ1v) is 11.2. The monoisotopic (exact) mass is 461 g/mol. The second-order valence-corrected chi connectivity index (χ2v) is 8.40. The number of amides is 2. The Morgan fingerprint density at radius 3 is 2.56 bits per heavy atom. The molecule has 0 radical (unpaired) electrons. The lowest BCUT2D eigenvalue weighted by Gasteiger charge is -2.40. The molecule has 1 fully saturated rings. The Morgan fingerprint density at radius 1 is 1.00 bits per heavy atom. The average Bonchev–Trinajstić information content (AvgIpc) is 2.87. The molecule has 1 N–H and O–H groups in total. The largest absolute Gasteiger partial charge is 0.489 e. The Balaban J connectivity index is 1.46. The molecule has 0 bridgehead atoms. The summed E-state index contributed by atoms with van der Waals surface area (Å²) in [5.74, 6) is 0.0367. The first kappa shape index (κ1) is 23.4. The summed E-state index contributed by atoms with van der Waals surface area (Å²) in [5, 5.41) is 2.65. The van der Waals surface area contributed by atoms with E-state index in [1.807, 2.05) is 30.1 Å². The van der Waals surface area contributed by atoms with Crippen molar-refractivity contribution in [1.29, 1.82) is 0 Å². The summed E-state index contributed by atoms with van der Waals surface area (Å²) in [6, 6.07) is 20.8. The molecule has 0 aliphatic carbocycles. The molecule has 1 heterocycles. The molecule has 2 amide bonds. The zero-order valence-electron chi connectivity index (χ0n) is 19.3. The highest BCUT2D eigenvalue weighted by molar-refractivity contribution is 5.95. The quantitative estimate of drug-likeness (QED) is 0.605. The summed E-state index contributed by atoms with van der Waals surface area (Å²) in [6.07, 6.45) is 0. The van der Waals surface area contributed by atoms with E-state index in [-0.39, 0.29) is 30.3 Å². The van der Waals surface area contributed by atoms with E-state index in [0.717, 1.165) is 17.7 Å². The number of likely N-dealkylation sites (N-methyl/N-ethyl adjacent to an activating group) is 1. The van der Waals surface area contributed by atoms with Crippen LogP contribution < -0.4 is 10.1 Å². The number of nitrogens with one attached hydrogen (secondary N) is 1. The number of benzene rings is 3. The smallest absolute Gasteiger partial charge is 0.254 e. The Morgan fingerprint density at radius 2 is 1.76 bits per heavy atom. The maximum Gasteiger partial charge on any atom is 0.254 e. The minimum Gasteiger partial charge on any atom is -0.489 e. The van der Waals surface area contributed by atoms with Crippen LogP contribution >= 0.6 is 0 Å². The van der Waals surface area contributed by atoms with Crippen molar-refractivity contribution >= 4 is 11.8 Å². The molecule has 4 rings (SSSR count). The van der Waals surface area contributed by atoms with Crippen LogP contribution in [0.5, 0.6) is 5.75 Å². The minimum atomic E-state index is -0.310. The lowest BCUT2D eigenvalue weighted by molar-refractivity contribution is 0.0545. The summed E-state index contributed by atoms with van der Waals surface area (Å²) in [4.78, 5) is 29.4. The maximum atomic E-state index is 13.4. The topological polar surface area (TPSA) is 61.9 Å². The van der Waals surface area contributed by atoms with Crippen LogP contribution in [0.1, 0.15) is 37.9 Å². The molecule has 1 aliphatic heterocycles. The summed E-state index contributed by atoms with van der Waals surface area (Å²) in [7, 11) is 3.64. The Labute approximate surface area is 198 Å². The third-order valence-corrected chi connectivity index (χ3v) is 6.07. The molecule has 176 valence electrons. The highest BCUT2D eigenvalue weighted by Crippen LogP contribution is 2.26. The lowest BCUT2D eigenvalue weighted by atomic mass is 9.99. The van der Waals surface area contributed by atoms with Crippen molar-refractivity contribution in [3.05, 3.63) is 101 Å². The van der Waals surface area contributed by atoms with E-state index in [4.69, 9.17) is 4.74 Å². The summed E-state index contributed by atoms with van der Waals surface area (Å²) in [5.41, 5.74) is 2.85. The molecule has 1 atom stereocenters. The molecule has 3 aromatic rings. The fraction of sp³-hybridized carbons (Fsp3) is 0.259. The van der Waals surface area contributed by atoms with Crippen LogP contribution in [0.25, 0.3) is 0 Å². The van der Waals surface area contributed by atoms with Crippen LogP contribution in [-0.4, -0.2) is 55.3 Å². The number of hydrogen-bond acceptors (Lipinski definition) is 4. The highest BCUT2D eigenvalue weighted by Gasteiger charge is 2.29. The molecule has 1 aliphatic rings. The second-order valence-electron chi connectivity index (χ2n) is 8.40. The van der Waals surface area contributed by atoms with Crippen molar-refractivity contribution < 1.29 is 18.7 Å². The van der Waals surface area contributed by atoms with E-state index in [2.05, 4.69) is 10.2 Å². The predicted molar refractivity (Wildman–Crippen MR) is 128 cm³/mol. The van der Waals surface area contributed by atoms with Gasteiger partial charge in [0.25, 0.3) is 11.8 Å². The Kier molecular flexibility index (Phi) is 7.23. The number of rotatable bonds is 6. The van der Waals surface area contributed by atoms with Crippen LogP contribution in [0.4, 0.5) is 4.39 Å². The normalized spacial score (nSPS) is 16.2. The summed E-state index contributed by atoms with van der Waals surface area (Å²) in [6.45, 7) is 2.06. The van der Waals surface area contributed by atoms with Gasteiger partial charge in [-0.2, -0.15) is 0 Å². The summed E-state index contributed by atoms with van der Waals surface area (Å²) >= 11 is 0. The molecule has 6 nitrogen and oxygen atoms in total. The average molecular weight is 462 g/mol. The first-order valence-electron chi connectivity index (χ1n) is 11.2. The molecular weight excluding hydrogens is 433 g/mol. The molecule has 0 saturated carbocycles. The van der Waals surface area contributed by atoms with Crippen LogP contribution in [-0.2, 0) is 6.61 Å². The second kappa shape index (κ2) is 10.5. The number of nitrogens with zero attached hydrogens (tertiary/aromatic N) is 2. The van der Waals surface area contributed by atoms with Gasteiger partial charge in [0, 0.05) is 37.8 Å².